The molecule has 0 aliphatic heterocycles. The summed E-state index contributed by atoms with van der Waals surface area (Å²) < 4.78 is 26.7. The van der Waals surface area contributed by atoms with E-state index in [9.17, 15) is 8.42 Å². The number of rotatable bonds is 5. The topological polar surface area (TPSA) is 84.0 Å². The van der Waals surface area contributed by atoms with Crippen molar-refractivity contribution in [2.24, 2.45) is 0 Å². The van der Waals surface area contributed by atoms with Gasteiger partial charge in [-0.15, -0.1) is 11.3 Å². The van der Waals surface area contributed by atoms with E-state index >= 15 is 0 Å². The molecule has 1 aromatic carbocycles. The molecule has 0 aliphatic carbocycles. The highest BCUT2D eigenvalue weighted by molar-refractivity contribution is 9.11. The molecule has 0 saturated carbocycles. The molecule has 6 nitrogen and oxygen atoms in total. The Hall–Kier alpha value is -1.81. The van der Waals surface area contributed by atoms with E-state index in [2.05, 4.69) is 35.9 Å². The molecule has 3 rings (SSSR count). The molecule has 0 fully saturated rings. The maximum Gasteiger partial charge on any atom is 0.240 e. The number of aromatic nitrogens is 2. The lowest BCUT2D eigenvalue weighted by Crippen LogP contribution is -2.18. The Labute approximate surface area is 152 Å². The minimum atomic E-state index is -3.44. The Morgan fingerprint density at radius 1 is 1.08 bits per heavy atom. The molecular formula is C15H13BrN4O2S2. The Kier molecular flexibility index (Phi) is 4.95. The smallest absolute Gasteiger partial charge is 0.240 e. The van der Waals surface area contributed by atoms with Crippen LogP contribution in [0.1, 0.15) is 0 Å². The van der Waals surface area contributed by atoms with Crippen LogP contribution in [-0.4, -0.2) is 25.4 Å². The molecule has 2 heterocycles. The number of hydrogen-bond acceptors (Lipinski definition) is 6. The molecule has 2 N–H and O–H groups in total. The van der Waals surface area contributed by atoms with Gasteiger partial charge in [-0.2, -0.15) is 0 Å². The summed E-state index contributed by atoms with van der Waals surface area (Å²) in [7, 11) is -2.06. The number of thiophene rings is 1. The van der Waals surface area contributed by atoms with Crippen molar-refractivity contribution in [1.82, 2.24) is 14.7 Å². The third-order valence-electron chi connectivity index (χ3n) is 3.17. The molecule has 0 amide bonds. The number of benzene rings is 1. The van der Waals surface area contributed by atoms with Crippen LogP contribution >= 0.6 is 27.3 Å². The lowest BCUT2D eigenvalue weighted by Gasteiger charge is -2.07. The predicted octanol–water partition coefficient (Wildman–Crippen LogP) is 3.62. The SMILES string of the molecule is CNS(=O)(=O)c1ccc(Nc2nccc(-c3ccc(Br)s3)n2)cc1. The summed E-state index contributed by atoms with van der Waals surface area (Å²) in [6, 6.07) is 12.2. The standard InChI is InChI=1S/C15H13BrN4O2S2/c1-17-24(21,22)11-4-2-10(3-5-11)19-15-18-9-8-12(20-15)13-6-7-14(16)23-13/h2-9,17H,1H3,(H,18,19,20). The Bertz CT molecular complexity index is 956. The predicted molar refractivity (Wildman–Crippen MR) is 99.0 cm³/mol. The van der Waals surface area contributed by atoms with Crippen LogP contribution in [0, 0.1) is 0 Å². The molecule has 0 unspecified atom stereocenters. The van der Waals surface area contributed by atoms with Crippen molar-refractivity contribution in [3.63, 3.8) is 0 Å². The molecule has 0 atom stereocenters. The molecule has 0 radical (unpaired) electrons. The van der Waals surface area contributed by atoms with Crippen LogP contribution in [0.3, 0.4) is 0 Å². The van der Waals surface area contributed by atoms with Crippen LogP contribution in [-0.2, 0) is 10.0 Å². The van der Waals surface area contributed by atoms with E-state index in [1.807, 2.05) is 18.2 Å². The first-order chi connectivity index (χ1) is 11.5. The Morgan fingerprint density at radius 3 is 2.46 bits per heavy atom. The summed E-state index contributed by atoms with van der Waals surface area (Å²) in [5.74, 6) is 0.446. The molecule has 24 heavy (non-hydrogen) atoms. The van der Waals surface area contributed by atoms with E-state index in [0.717, 1.165) is 14.4 Å². The fourth-order valence-electron chi connectivity index (χ4n) is 1.97. The van der Waals surface area contributed by atoms with Gasteiger partial charge in [0, 0.05) is 11.9 Å². The Balaban J connectivity index is 1.81. The maximum absolute atomic E-state index is 11.7. The number of sulfonamides is 1. The van der Waals surface area contributed by atoms with Gasteiger partial charge in [-0.1, -0.05) is 0 Å². The highest BCUT2D eigenvalue weighted by Gasteiger charge is 2.11. The minimum Gasteiger partial charge on any atom is -0.324 e. The van der Waals surface area contributed by atoms with Gasteiger partial charge in [0.1, 0.15) is 0 Å². The van der Waals surface area contributed by atoms with Gasteiger partial charge in [-0.3, -0.25) is 0 Å². The molecule has 0 spiro atoms. The van der Waals surface area contributed by atoms with Crippen molar-refractivity contribution in [2.45, 2.75) is 4.90 Å². The molecule has 124 valence electrons. The lowest BCUT2D eigenvalue weighted by atomic mass is 10.3. The fraction of sp³-hybridized carbons (Fsp3) is 0.0667. The maximum atomic E-state index is 11.7. The molecule has 0 bridgehead atoms. The van der Waals surface area contributed by atoms with E-state index in [-0.39, 0.29) is 4.90 Å². The van der Waals surface area contributed by atoms with E-state index in [1.54, 1.807) is 29.7 Å². The van der Waals surface area contributed by atoms with E-state index in [0.29, 0.717) is 11.6 Å². The average Bonchev–Trinajstić information content (AvgIpc) is 3.02. The first kappa shape index (κ1) is 17.0. The molecule has 3 aromatic rings. The Morgan fingerprint density at radius 2 is 1.83 bits per heavy atom. The van der Waals surface area contributed by atoms with Crippen LogP contribution in [0.25, 0.3) is 10.6 Å². The first-order valence-corrected chi connectivity index (χ1v) is 9.96. The number of nitrogens with zero attached hydrogens (tertiary/aromatic N) is 2. The second kappa shape index (κ2) is 6.98. The van der Waals surface area contributed by atoms with Crippen LogP contribution in [0.2, 0.25) is 0 Å². The second-order valence-electron chi connectivity index (χ2n) is 4.73. The third kappa shape index (κ3) is 3.81. The highest BCUT2D eigenvalue weighted by Crippen LogP contribution is 2.30. The van der Waals surface area contributed by atoms with Crippen molar-refractivity contribution < 1.29 is 8.42 Å². The summed E-state index contributed by atoms with van der Waals surface area (Å²) in [6.45, 7) is 0. The second-order valence-corrected chi connectivity index (χ2v) is 9.08. The summed E-state index contributed by atoms with van der Waals surface area (Å²) in [5.41, 5.74) is 1.52. The molecule has 0 aliphatic rings. The lowest BCUT2D eigenvalue weighted by molar-refractivity contribution is 0.588. The summed E-state index contributed by atoms with van der Waals surface area (Å²) in [4.78, 5) is 9.90. The average molecular weight is 425 g/mol. The van der Waals surface area contributed by atoms with Crippen LogP contribution in [0.15, 0.2) is 57.3 Å². The summed E-state index contributed by atoms with van der Waals surface area (Å²) >= 11 is 5.02. The normalized spacial score (nSPS) is 11.4. The van der Waals surface area contributed by atoms with Crippen LogP contribution < -0.4 is 10.0 Å². The van der Waals surface area contributed by atoms with Crippen molar-refractivity contribution in [2.75, 3.05) is 12.4 Å². The molecular weight excluding hydrogens is 412 g/mol. The van der Waals surface area contributed by atoms with Crippen molar-refractivity contribution in [3.8, 4) is 10.6 Å². The quantitative estimate of drug-likeness (QED) is 0.653. The van der Waals surface area contributed by atoms with Gasteiger partial charge in [-0.25, -0.2) is 23.1 Å². The van der Waals surface area contributed by atoms with E-state index in [1.165, 1.54) is 19.2 Å². The van der Waals surface area contributed by atoms with Gasteiger partial charge < -0.3 is 5.32 Å². The number of anilines is 2. The third-order valence-corrected chi connectivity index (χ3v) is 6.25. The van der Waals surface area contributed by atoms with E-state index in [4.69, 9.17) is 0 Å². The van der Waals surface area contributed by atoms with Crippen molar-refractivity contribution in [3.05, 3.63) is 52.4 Å². The van der Waals surface area contributed by atoms with Gasteiger partial charge in [0.15, 0.2) is 0 Å². The number of hydrogen-bond donors (Lipinski definition) is 2. The van der Waals surface area contributed by atoms with E-state index < -0.39 is 10.0 Å². The minimum absolute atomic E-state index is 0.202. The van der Waals surface area contributed by atoms with Crippen molar-refractivity contribution >= 4 is 48.9 Å². The monoisotopic (exact) mass is 424 g/mol. The van der Waals surface area contributed by atoms with Crippen LogP contribution in [0.4, 0.5) is 11.6 Å². The van der Waals surface area contributed by atoms with Gasteiger partial charge in [-0.05, 0) is 65.4 Å². The zero-order chi connectivity index (χ0) is 17.2. The molecule has 9 heteroatoms. The largest absolute Gasteiger partial charge is 0.324 e. The van der Waals surface area contributed by atoms with Crippen LogP contribution in [0.5, 0.6) is 0 Å². The number of nitrogens with one attached hydrogen (secondary N) is 2. The highest BCUT2D eigenvalue weighted by atomic mass is 79.9. The number of halogens is 1. The van der Waals surface area contributed by atoms with Gasteiger partial charge in [0.05, 0.1) is 19.3 Å². The summed E-state index contributed by atoms with van der Waals surface area (Å²) in [5, 5.41) is 3.07. The fourth-order valence-corrected chi connectivity index (χ4v) is 4.06. The zero-order valence-corrected chi connectivity index (χ0v) is 15.7. The molecule has 0 saturated heterocycles. The molecule has 2 aromatic heterocycles. The van der Waals surface area contributed by atoms with Gasteiger partial charge in [0.25, 0.3) is 0 Å². The van der Waals surface area contributed by atoms with Crippen molar-refractivity contribution in [1.29, 1.82) is 0 Å². The van der Waals surface area contributed by atoms with Gasteiger partial charge in [0.2, 0.25) is 16.0 Å². The first-order valence-electron chi connectivity index (χ1n) is 6.87. The van der Waals surface area contributed by atoms with Gasteiger partial charge >= 0.3 is 0 Å². The summed E-state index contributed by atoms with van der Waals surface area (Å²) in [6.07, 6.45) is 1.68. The zero-order valence-electron chi connectivity index (χ0n) is 12.5.